The first-order chi connectivity index (χ1) is 7.72. The summed E-state index contributed by atoms with van der Waals surface area (Å²) in [5.41, 5.74) is 8.74. The molecule has 2 atom stereocenters. The average Bonchev–Trinajstić information content (AvgIpc) is 2.50. The van der Waals surface area contributed by atoms with Gasteiger partial charge < -0.3 is 10.5 Å². The molecule has 1 heterocycles. The Morgan fingerprint density at radius 3 is 3.06 bits per heavy atom. The van der Waals surface area contributed by atoms with Crippen LogP contribution in [0.1, 0.15) is 56.2 Å². The van der Waals surface area contributed by atoms with Gasteiger partial charge in [0, 0.05) is 11.6 Å². The third-order valence-electron chi connectivity index (χ3n) is 3.53. The Kier molecular flexibility index (Phi) is 3.49. The first-order valence-corrected chi connectivity index (χ1v) is 6.24. The monoisotopic (exact) mass is 219 g/mol. The van der Waals surface area contributed by atoms with Crippen LogP contribution in [0.3, 0.4) is 0 Å². The molecule has 0 fully saturated rings. The maximum Gasteiger partial charge on any atom is 0.124 e. The topological polar surface area (TPSA) is 35.2 Å². The van der Waals surface area contributed by atoms with Crippen molar-refractivity contribution in [2.24, 2.45) is 5.73 Å². The van der Waals surface area contributed by atoms with Crippen molar-refractivity contribution in [2.45, 2.75) is 45.1 Å². The molecule has 2 N–H and O–H groups in total. The normalized spacial score (nSPS) is 21.8. The molecule has 0 aromatic heterocycles. The first-order valence-electron chi connectivity index (χ1n) is 6.24. The minimum atomic E-state index is 0.140. The minimum Gasteiger partial charge on any atom is -0.493 e. The maximum atomic E-state index is 6.18. The van der Waals surface area contributed by atoms with E-state index in [0.29, 0.717) is 5.92 Å². The number of ether oxygens (including phenoxy) is 1. The van der Waals surface area contributed by atoms with E-state index in [1.54, 1.807) is 0 Å². The van der Waals surface area contributed by atoms with Crippen molar-refractivity contribution in [1.82, 2.24) is 0 Å². The molecule has 2 rings (SSSR count). The van der Waals surface area contributed by atoms with Gasteiger partial charge in [0.05, 0.1) is 6.61 Å². The van der Waals surface area contributed by atoms with Crippen LogP contribution in [0.4, 0.5) is 0 Å². The molecule has 0 bridgehead atoms. The highest BCUT2D eigenvalue weighted by Crippen LogP contribution is 2.33. The molecule has 0 radical (unpaired) electrons. The summed E-state index contributed by atoms with van der Waals surface area (Å²) < 4.78 is 5.71. The second-order valence-electron chi connectivity index (χ2n) is 4.70. The first kappa shape index (κ1) is 11.5. The summed E-state index contributed by atoms with van der Waals surface area (Å²) in [6, 6.07) is 6.63. The van der Waals surface area contributed by atoms with E-state index >= 15 is 0 Å². The highest BCUT2D eigenvalue weighted by Gasteiger charge is 2.17. The molecule has 2 unspecified atom stereocenters. The van der Waals surface area contributed by atoms with Gasteiger partial charge in [-0.05, 0) is 36.8 Å². The van der Waals surface area contributed by atoms with Gasteiger partial charge in [0.2, 0.25) is 0 Å². The summed E-state index contributed by atoms with van der Waals surface area (Å²) in [5.74, 6) is 1.58. The predicted octanol–water partition coefficient (Wildman–Crippen LogP) is 3.37. The van der Waals surface area contributed by atoms with E-state index in [-0.39, 0.29) is 6.04 Å². The van der Waals surface area contributed by atoms with Crippen molar-refractivity contribution in [3.8, 4) is 5.75 Å². The van der Waals surface area contributed by atoms with Crippen LogP contribution in [-0.4, -0.2) is 6.61 Å². The lowest BCUT2D eigenvalue weighted by Crippen LogP contribution is -2.09. The lowest BCUT2D eigenvalue weighted by Gasteiger charge is -2.16. The van der Waals surface area contributed by atoms with Crippen molar-refractivity contribution < 1.29 is 4.74 Å². The third-order valence-corrected chi connectivity index (χ3v) is 3.53. The minimum absolute atomic E-state index is 0.140. The fourth-order valence-electron chi connectivity index (χ4n) is 2.17. The Morgan fingerprint density at radius 1 is 1.50 bits per heavy atom. The predicted molar refractivity (Wildman–Crippen MR) is 66.8 cm³/mol. The molecule has 0 aliphatic carbocycles. The Labute approximate surface area is 97.8 Å². The number of fused-ring (bicyclic) bond motifs is 1. The SMILES string of the molecule is CCC(C)c1ccc2c(c1)C(N)CCCO2. The molecule has 1 aliphatic rings. The zero-order valence-electron chi connectivity index (χ0n) is 10.2. The van der Waals surface area contributed by atoms with Crippen LogP contribution in [0.25, 0.3) is 0 Å². The standard InChI is InChI=1S/C14H21NO/c1-3-10(2)11-6-7-14-12(9-11)13(15)5-4-8-16-14/h6-7,9-10,13H,3-5,8,15H2,1-2H3. The summed E-state index contributed by atoms with van der Waals surface area (Å²) in [4.78, 5) is 0. The van der Waals surface area contributed by atoms with Crippen molar-refractivity contribution in [3.63, 3.8) is 0 Å². The average molecular weight is 219 g/mol. The van der Waals surface area contributed by atoms with Crippen molar-refractivity contribution in [2.75, 3.05) is 6.61 Å². The molecule has 2 heteroatoms. The third kappa shape index (κ3) is 2.22. The van der Waals surface area contributed by atoms with E-state index in [1.807, 2.05) is 0 Å². The Bertz CT molecular complexity index is 362. The quantitative estimate of drug-likeness (QED) is 0.827. The van der Waals surface area contributed by atoms with Gasteiger partial charge in [0.1, 0.15) is 5.75 Å². The van der Waals surface area contributed by atoms with E-state index < -0.39 is 0 Å². The van der Waals surface area contributed by atoms with Crippen molar-refractivity contribution in [3.05, 3.63) is 29.3 Å². The molecule has 0 spiro atoms. The molecule has 1 aromatic carbocycles. The van der Waals surface area contributed by atoms with Crippen LogP contribution in [0.5, 0.6) is 5.75 Å². The van der Waals surface area contributed by atoms with E-state index in [9.17, 15) is 0 Å². The number of hydrogen-bond donors (Lipinski definition) is 1. The van der Waals surface area contributed by atoms with Crippen LogP contribution in [0.15, 0.2) is 18.2 Å². The lowest BCUT2D eigenvalue weighted by molar-refractivity contribution is 0.316. The summed E-state index contributed by atoms with van der Waals surface area (Å²) >= 11 is 0. The van der Waals surface area contributed by atoms with Crippen LogP contribution >= 0.6 is 0 Å². The van der Waals surface area contributed by atoms with Crippen molar-refractivity contribution >= 4 is 0 Å². The Morgan fingerprint density at radius 2 is 2.31 bits per heavy atom. The molecule has 0 saturated heterocycles. The fraction of sp³-hybridized carbons (Fsp3) is 0.571. The van der Waals surface area contributed by atoms with Gasteiger partial charge in [-0.25, -0.2) is 0 Å². The van der Waals surface area contributed by atoms with Crippen LogP contribution < -0.4 is 10.5 Å². The van der Waals surface area contributed by atoms with Crippen LogP contribution in [0.2, 0.25) is 0 Å². The number of hydrogen-bond acceptors (Lipinski definition) is 2. The molecule has 88 valence electrons. The van der Waals surface area contributed by atoms with Crippen molar-refractivity contribution in [1.29, 1.82) is 0 Å². The lowest BCUT2D eigenvalue weighted by atomic mass is 9.93. The molecule has 1 aromatic rings. The molecular weight excluding hydrogens is 198 g/mol. The highest BCUT2D eigenvalue weighted by molar-refractivity contribution is 5.41. The van der Waals surface area contributed by atoms with E-state index in [1.165, 1.54) is 11.1 Å². The number of benzene rings is 1. The van der Waals surface area contributed by atoms with Gasteiger partial charge in [-0.3, -0.25) is 0 Å². The second-order valence-corrected chi connectivity index (χ2v) is 4.70. The van der Waals surface area contributed by atoms with Gasteiger partial charge in [0.15, 0.2) is 0 Å². The molecule has 2 nitrogen and oxygen atoms in total. The number of rotatable bonds is 2. The van der Waals surface area contributed by atoms with E-state index in [4.69, 9.17) is 10.5 Å². The van der Waals surface area contributed by atoms with E-state index in [0.717, 1.165) is 31.6 Å². The molecular formula is C14H21NO. The largest absolute Gasteiger partial charge is 0.493 e. The molecule has 16 heavy (non-hydrogen) atoms. The van der Waals surface area contributed by atoms with Gasteiger partial charge >= 0.3 is 0 Å². The van der Waals surface area contributed by atoms with Gasteiger partial charge in [-0.1, -0.05) is 26.0 Å². The Balaban J connectivity index is 2.35. The summed E-state index contributed by atoms with van der Waals surface area (Å²) in [6.45, 7) is 5.26. The zero-order valence-corrected chi connectivity index (χ0v) is 10.2. The van der Waals surface area contributed by atoms with Crippen LogP contribution in [0, 0.1) is 0 Å². The summed E-state index contributed by atoms with van der Waals surface area (Å²) in [6.07, 6.45) is 3.24. The molecule has 0 saturated carbocycles. The van der Waals surface area contributed by atoms with Gasteiger partial charge in [-0.2, -0.15) is 0 Å². The molecule has 1 aliphatic heterocycles. The Hall–Kier alpha value is -1.02. The fourth-order valence-corrected chi connectivity index (χ4v) is 2.17. The van der Waals surface area contributed by atoms with Crippen LogP contribution in [-0.2, 0) is 0 Å². The smallest absolute Gasteiger partial charge is 0.124 e. The molecule has 0 amide bonds. The van der Waals surface area contributed by atoms with Gasteiger partial charge in [-0.15, -0.1) is 0 Å². The highest BCUT2D eigenvalue weighted by atomic mass is 16.5. The number of nitrogens with two attached hydrogens (primary N) is 1. The maximum absolute atomic E-state index is 6.18. The van der Waals surface area contributed by atoms with E-state index in [2.05, 4.69) is 32.0 Å². The van der Waals surface area contributed by atoms with Gasteiger partial charge in [0.25, 0.3) is 0 Å². The zero-order chi connectivity index (χ0) is 11.5. The second kappa shape index (κ2) is 4.88. The summed E-state index contributed by atoms with van der Waals surface area (Å²) in [7, 11) is 0. The summed E-state index contributed by atoms with van der Waals surface area (Å²) in [5, 5.41) is 0.